The normalized spacial score (nSPS) is 20.0. The number of hydrogen-bond donors (Lipinski definition) is 2. The van der Waals surface area contributed by atoms with Gasteiger partial charge in [-0.1, -0.05) is 26.0 Å². The number of anilines is 1. The first-order chi connectivity index (χ1) is 9.91. The van der Waals surface area contributed by atoms with Crippen molar-refractivity contribution in [1.82, 2.24) is 4.90 Å². The highest BCUT2D eigenvalue weighted by Crippen LogP contribution is 2.30. The lowest BCUT2D eigenvalue weighted by atomic mass is 9.82. The Hall–Kier alpha value is -1.39. The van der Waals surface area contributed by atoms with Crippen LogP contribution in [0.2, 0.25) is 0 Å². The molecule has 1 amide bonds. The average molecular weight is 289 g/mol. The third kappa shape index (κ3) is 4.29. The number of nitrogens with one attached hydrogen (secondary N) is 1. The number of rotatable bonds is 4. The molecule has 0 saturated carbocycles. The van der Waals surface area contributed by atoms with Crippen LogP contribution in [0, 0.1) is 5.41 Å². The van der Waals surface area contributed by atoms with E-state index in [0.29, 0.717) is 12.0 Å². The summed E-state index contributed by atoms with van der Waals surface area (Å²) in [5, 5.41) is 2.99. The predicted octanol–water partition coefficient (Wildman–Crippen LogP) is 2.59. The van der Waals surface area contributed by atoms with Crippen molar-refractivity contribution in [2.45, 2.75) is 46.2 Å². The third-order valence-electron chi connectivity index (χ3n) is 4.54. The monoisotopic (exact) mass is 289 g/mol. The van der Waals surface area contributed by atoms with E-state index in [1.807, 2.05) is 31.2 Å². The lowest BCUT2D eigenvalue weighted by Gasteiger charge is -2.39. The molecule has 2 rings (SSSR count). The van der Waals surface area contributed by atoms with Gasteiger partial charge in [0, 0.05) is 12.2 Å². The summed E-state index contributed by atoms with van der Waals surface area (Å²) >= 11 is 0. The van der Waals surface area contributed by atoms with Crippen LogP contribution in [0.1, 0.15) is 39.2 Å². The summed E-state index contributed by atoms with van der Waals surface area (Å²) in [4.78, 5) is 14.6. The fourth-order valence-electron chi connectivity index (χ4n) is 2.65. The molecule has 0 bridgehead atoms. The second-order valence-corrected chi connectivity index (χ2v) is 6.77. The summed E-state index contributed by atoms with van der Waals surface area (Å²) in [6, 6.07) is 7.63. The second kappa shape index (κ2) is 6.58. The molecule has 1 aromatic rings. The van der Waals surface area contributed by atoms with Crippen LogP contribution in [0.3, 0.4) is 0 Å². The summed E-state index contributed by atoms with van der Waals surface area (Å²) in [7, 11) is 0. The zero-order valence-corrected chi connectivity index (χ0v) is 13.4. The first kappa shape index (κ1) is 16.0. The molecular formula is C17H27N3O. The van der Waals surface area contributed by atoms with Crippen molar-refractivity contribution in [1.29, 1.82) is 0 Å². The second-order valence-electron chi connectivity index (χ2n) is 6.77. The van der Waals surface area contributed by atoms with Crippen molar-refractivity contribution in [3.05, 3.63) is 29.8 Å². The number of benzene rings is 1. The van der Waals surface area contributed by atoms with Crippen molar-refractivity contribution in [2.75, 3.05) is 18.4 Å². The standard InChI is InChI=1S/C17H27N3O/c1-13(20-10-8-17(2,3)9-11-20)16(21)19-15-6-4-14(12-18)5-7-15/h4-7,13H,8-12,18H2,1-3H3,(H,19,21). The lowest BCUT2D eigenvalue weighted by molar-refractivity contribution is -0.121. The Kier molecular flexibility index (Phi) is 5.01. The highest BCUT2D eigenvalue weighted by Gasteiger charge is 2.30. The van der Waals surface area contributed by atoms with Crippen LogP contribution in [0.4, 0.5) is 5.69 Å². The first-order valence-corrected chi connectivity index (χ1v) is 7.75. The minimum Gasteiger partial charge on any atom is -0.326 e. The summed E-state index contributed by atoms with van der Waals surface area (Å²) < 4.78 is 0. The number of carbonyl (C=O) groups excluding carboxylic acids is 1. The molecule has 4 heteroatoms. The number of carbonyl (C=O) groups is 1. The van der Waals surface area contributed by atoms with Gasteiger partial charge in [-0.05, 0) is 56.0 Å². The van der Waals surface area contributed by atoms with Crippen molar-refractivity contribution >= 4 is 11.6 Å². The maximum atomic E-state index is 12.4. The maximum Gasteiger partial charge on any atom is 0.241 e. The largest absolute Gasteiger partial charge is 0.326 e. The highest BCUT2D eigenvalue weighted by atomic mass is 16.2. The highest BCUT2D eigenvalue weighted by molar-refractivity contribution is 5.94. The van der Waals surface area contributed by atoms with Gasteiger partial charge >= 0.3 is 0 Å². The number of piperidine rings is 1. The van der Waals surface area contributed by atoms with Crippen LogP contribution in [0.15, 0.2) is 24.3 Å². The molecule has 21 heavy (non-hydrogen) atoms. The molecule has 1 aliphatic heterocycles. The topological polar surface area (TPSA) is 58.4 Å². The smallest absolute Gasteiger partial charge is 0.241 e. The number of likely N-dealkylation sites (tertiary alicyclic amines) is 1. The predicted molar refractivity (Wildman–Crippen MR) is 87.0 cm³/mol. The Labute approximate surface area is 127 Å². The molecule has 3 N–H and O–H groups in total. The SMILES string of the molecule is CC(C(=O)Nc1ccc(CN)cc1)N1CCC(C)(C)CC1. The summed E-state index contributed by atoms with van der Waals surface area (Å²) in [5.41, 5.74) is 7.89. The molecule has 1 heterocycles. The molecule has 0 radical (unpaired) electrons. The zero-order valence-electron chi connectivity index (χ0n) is 13.4. The van der Waals surface area contributed by atoms with E-state index in [9.17, 15) is 4.79 Å². The average Bonchev–Trinajstić information content (AvgIpc) is 2.47. The van der Waals surface area contributed by atoms with Crippen molar-refractivity contribution in [2.24, 2.45) is 11.1 Å². The molecule has 0 spiro atoms. The summed E-state index contributed by atoms with van der Waals surface area (Å²) in [5.74, 6) is 0.0650. The number of nitrogens with zero attached hydrogens (tertiary/aromatic N) is 1. The minimum atomic E-state index is -0.0877. The molecule has 1 aromatic carbocycles. The summed E-state index contributed by atoms with van der Waals surface area (Å²) in [6.07, 6.45) is 2.30. The molecule has 0 aliphatic carbocycles. The molecule has 0 aromatic heterocycles. The van der Waals surface area contributed by atoms with Gasteiger partial charge in [-0.25, -0.2) is 0 Å². The fraction of sp³-hybridized carbons (Fsp3) is 0.588. The van der Waals surface area contributed by atoms with E-state index < -0.39 is 0 Å². The molecule has 1 unspecified atom stereocenters. The van der Waals surface area contributed by atoms with E-state index in [1.165, 1.54) is 0 Å². The Morgan fingerprint density at radius 2 is 1.86 bits per heavy atom. The van der Waals surface area contributed by atoms with E-state index in [1.54, 1.807) is 0 Å². The van der Waals surface area contributed by atoms with E-state index in [4.69, 9.17) is 5.73 Å². The van der Waals surface area contributed by atoms with E-state index in [0.717, 1.165) is 37.2 Å². The lowest BCUT2D eigenvalue weighted by Crippen LogP contribution is -2.47. The zero-order chi connectivity index (χ0) is 15.5. The molecular weight excluding hydrogens is 262 g/mol. The first-order valence-electron chi connectivity index (χ1n) is 7.75. The van der Waals surface area contributed by atoms with Crippen molar-refractivity contribution < 1.29 is 4.79 Å². The van der Waals surface area contributed by atoms with Crippen LogP contribution < -0.4 is 11.1 Å². The van der Waals surface area contributed by atoms with E-state index >= 15 is 0 Å². The van der Waals surface area contributed by atoms with Crippen LogP contribution in [-0.2, 0) is 11.3 Å². The van der Waals surface area contributed by atoms with E-state index in [-0.39, 0.29) is 11.9 Å². The maximum absolute atomic E-state index is 12.4. The number of amides is 1. The van der Waals surface area contributed by atoms with Crippen LogP contribution in [0.25, 0.3) is 0 Å². The Morgan fingerprint density at radius 1 is 1.29 bits per heavy atom. The van der Waals surface area contributed by atoms with Crippen LogP contribution >= 0.6 is 0 Å². The molecule has 4 nitrogen and oxygen atoms in total. The fourth-order valence-corrected chi connectivity index (χ4v) is 2.65. The Morgan fingerprint density at radius 3 is 2.38 bits per heavy atom. The minimum absolute atomic E-state index is 0.0650. The number of hydrogen-bond acceptors (Lipinski definition) is 3. The third-order valence-corrected chi connectivity index (χ3v) is 4.54. The van der Waals surface area contributed by atoms with Crippen LogP contribution in [0.5, 0.6) is 0 Å². The Balaban J connectivity index is 1.90. The van der Waals surface area contributed by atoms with Crippen molar-refractivity contribution in [3.8, 4) is 0 Å². The van der Waals surface area contributed by atoms with Gasteiger partial charge in [-0.15, -0.1) is 0 Å². The van der Waals surface area contributed by atoms with Gasteiger partial charge in [-0.3, -0.25) is 9.69 Å². The molecule has 1 aliphatic rings. The van der Waals surface area contributed by atoms with Gasteiger partial charge in [0.25, 0.3) is 0 Å². The quantitative estimate of drug-likeness (QED) is 0.895. The summed E-state index contributed by atoms with van der Waals surface area (Å²) in [6.45, 7) is 9.10. The van der Waals surface area contributed by atoms with Gasteiger partial charge in [0.1, 0.15) is 0 Å². The van der Waals surface area contributed by atoms with Gasteiger partial charge in [0.15, 0.2) is 0 Å². The van der Waals surface area contributed by atoms with Gasteiger partial charge in [0.2, 0.25) is 5.91 Å². The molecule has 1 saturated heterocycles. The molecule has 1 fully saturated rings. The molecule has 1 atom stereocenters. The van der Waals surface area contributed by atoms with Gasteiger partial charge < -0.3 is 11.1 Å². The van der Waals surface area contributed by atoms with Gasteiger partial charge in [0.05, 0.1) is 6.04 Å². The number of nitrogens with two attached hydrogens (primary N) is 1. The van der Waals surface area contributed by atoms with Crippen LogP contribution in [-0.4, -0.2) is 29.9 Å². The Bertz CT molecular complexity index is 471. The van der Waals surface area contributed by atoms with E-state index in [2.05, 4.69) is 24.1 Å². The molecule has 116 valence electrons. The van der Waals surface area contributed by atoms with Crippen molar-refractivity contribution in [3.63, 3.8) is 0 Å². The van der Waals surface area contributed by atoms with Gasteiger partial charge in [-0.2, -0.15) is 0 Å².